The maximum atomic E-state index is 11.8. The molecule has 2 aliphatic rings. The van der Waals surface area contributed by atoms with Crippen LogP contribution in [0.4, 0.5) is 0 Å². The van der Waals surface area contributed by atoms with Gasteiger partial charge in [-0.3, -0.25) is 4.90 Å². The lowest BCUT2D eigenvalue weighted by atomic mass is 10.2. The largest absolute Gasteiger partial charge is 0.462 e. The summed E-state index contributed by atoms with van der Waals surface area (Å²) < 4.78 is 11.1. The number of hydrogen-bond acceptors (Lipinski definition) is 4. The molecule has 0 amide bonds. The van der Waals surface area contributed by atoms with Crippen LogP contribution in [0.3, 0.4) is 0 Å². The zero-order valence-electron chi connectivity index (χ0n) is 11.7. The number of hydrogen-bond donors (Lipinski definition) is 0. The molecule has 0 spiro atoms. The van der Waals surface area contributed by atoms with E-state index in [2.05, 4.69) is 4.90 Å². The summed E-state index contributed by atoms with van der Waals surface area (Å²) in [6.45, 7) is 3.53. The second-order valence-corrected chi connectivity index (χ2v) is 5.57. The lowest BCUT2D eigenvalue weighted by Crippen LogP contribution is -2.43. The monoisotopic (exact) mass is 275 g/mol. The average molecular weight is 275 g/mol. The first kappa shape index (κ1) is 13.6. The van der Waals surface area contributed by atoms with Crippen LogP contribution in [0.1, 0.15) is 29.6 Å². The molecule has 2 saturated heterocycles. The fourth-order valence-corrected chi connectivity index (χ4v) is 2.99. The molecule has 0 aromatic heterocycles. The van der Waals surface area contributed by atoms with Crippen molar-refractivity contribution in [3.05, 3.63) is 35.9 Å². The molecule has 20 heavy (non-hydrogen) atoms. The number of carbonyl (C=O) groups is 1. The summed E-state index contributed by atoms with van der Waals surface area (Å²) in [6, 6.07) is 9.15. The van der Waals surface area contributed by atoms with E-state index in [1.165, 1.54) is 12.8 Å². The quantitative estimate of drug-likeness (QED) is 0.609. The highest BCUT2D eigenvalue weighted by atomic mass is 16.5. The number of ether oxygens (including phenoxy) is 2. The Hall–Kier alpha value is -1.39. The van der Waals surface area contributed by atoms with Gasteiger partial charge in [0.05, 0.1) is 24.4 Å². The Morgan fingerprint density at radius 3 is 2.60 bits per heavy atom. The highest BCUT2D eigenvalue weighted by Crippen LogP contribution is 2.26. The minimum absolute atomic E-state index is 0.229. The number of morpholine rings is 1. The van der Waals surface area contributed by atoms with Gasteiger partial charge in [0.1, 0.15) is 0 Å². The zero-order valence-corrected chi connectivity index (χ0v) is 11.7. The van der Waals surface area contributed by atoms with E-state index in [1.54, 1.807) is 12.1 Å². The van der Waals surface area contributed by atoms with Crippen molar-refractivity contribution < 1.29 is 14.3 Å². The van der Waals surface area contributed by atoms with Gasteiger partial charge in [0.25, 0.3) is 0 Å². The molecule has 2 fully saturated rings. The van der Waals surface area contributed by atoms with E-state index in [-0.39, 0.29) is 5.97 Å². The van der Waals surface area contributed by atoms with Gasteiger partial charge < -0.3 is 9.47 Å². The maximum absolute atomic E-state index is 11.8. The number of benzene rings is 1. The molecule has 2 heterocycles. The molecule has 1 aromatic rings. The molecule has 4 heteroatoms. The van der Waals surface area contributed by atoms with E-state index in [0.717, 1.165) is 26.1 Å². The van der Waals surface area contributed by atoms with Crippen LogP contribution in [0.5, 0.6) is 0 Å². The van der Waals surface area contributed by atoms with E-state index < -0.39 is 0 Å². The Bertz CT molecular complexity index is 436. The second kappa shape index (κ2) is 6.37. The topological polar surface area (TPSA) is 38.8 Å². The van der Waals surface area contributed by atoms with Crippen LogP contribution in [-0.2, 0) is 9.47 Å². The van der Waals surface area contributed by atoms with Gasteiger partial charge in [-0.15, -0.1) is 0 Å². The molecule has 0 aliphatic carbocycles. The Labute approximate surface area is 119 Å². The Morgan fingerprint density at radius 2 is 1.90 bits per heavy atom. The Kier molecular flexibility index (Phi) is 4.33. The Balaban J connectivity index is 1.35. The molecular weight excluding hydrogens is 254 g/mol. The van der Waals surface area contributed by atoms with Crippen molar-refractivity contribution in [2.75, 3.05) is 26.2 Å². The van der Waals surface area contributed by atoms with Gasteiger partial charge >= 0.3 is 5.97 Å². The summed E-state index contributed by atoms with van der Waals surface area (Å²) in [4.78, 5) is 14.2. The maximum Gasteiger partial charge on any atom is 0.338 e. The molecular formula is C16H21NO3. The van der Waals surface area contributed by atoms with Crippen molar-refractivity contribution in [2.45, 2.75) is 31.5 Å². The minimum Gasteiger partial charge on any atom is -0.462 e. The highest BCUT2D eigenvalue weighted by molar-refractivity contribution is 5.89. The molecule has 2 unspecified atom stereocenters. The van der Waals surface area contributed by atoms with Gasteiger partial charge in [-0.2, -0.15) is 0 Å². The fraction of sp³-hybridized carbons (Fsp3) is 0.562. The number of carbonyl (C=O) groups excluding carboxylic acids is 1. The van der Waals surface area contributed by atoms with Gasteiger partial charge in [-0.1, -0.05) is 18.2 Å². The van der Waals surface area contributed by atoms with Crippen molar-refractivity contribution >= 4 is 5.97 Å². The van der Waals surface area contributed by atoms with Gasteiger partial charge in [0, 0.05) is 19.6 Å². The van der Waals surface area contributed by atoms with Crippen LogP contribution in [0.2, 0.25) is 0 Å². The van der Waals surface area contributed by atoms with Crippen LogP contribution in [-0.4, -0.2) is 49.3 Å². The van der Waals surface area contributed by atoms with Gasteiger partial charge in [0.15, 0.2) is 0 Å². The van der Waals surface area contributed by atoms with E-state index in [1.807, 2.05) is 18.2 Å². The molecule has 2 atom stereocenters. The molecule has 2 aliphatic heterocycles. The van der Waals surface area contributed by atoms with Gasteiger partial charge in [-0.05, 0) is 31.4 Å². The van der Waals surface area contributed by atoms with Crippen molar-refractivity contribution in [3.63, 3.8) is 0 Å². The summed E-state index contributed by atoms with van der Waals surface area (Å²) in [5.41, 5.74) is 0.622. The number of rotatable bonds is 5. The van der Waals surface area contributed by atoms with Crippen molar-refractivity contribution in [1.82, 2.24) is 4.90 Å². The molecule has 1 aromatic carbocycles. The van der Waals surface area contributed by atoms with E-state index in [9.17, 15) is 4.79 Å². The number of fused-ring (bicyclic) bond motifs is 2. The van der Waals surface area contributed by atoms with Crippen LogP contribution >= 0.6 is 0 Å². The lowest BCUT2D eigenvalue weighted by Gasteiger charge is -2.31. The van der Waals surface area contributed by atoms with Crippen LogP contribution in [0, 0.1) is 0 Å². The summed E-state index contributed by atoms with van der Waals surface area (Å²) >= 11 is 0. The van der Waals surface area contributed by atoms with E-state index in [0.29, 0.717) is 24.4 Å². The summed E-state index contributed by atoms with van der Waals surface area (Å²) in [7, 11) is 0. The first-order chi connectivity index (χ1) is 9.81. The second-order valence-electron chi connectivity index (χ2n) is 5.57. The summed E-state index contributed by atoms with van der Waals surface area (Å²) in [5.74, 6) is -0.229. The van der Waals surface area contributed by atoms with Crippen LogP contribution < -0.4 is 0 Å². The summed E-state index contributed by atoms with van der Waals surface area (Å²) in [5, 5.41) is 0. The smallest absolute Gasteiger partial charge is 0.338 e. The number of nitrogens with zero attached hydrogens (tertiary/aromatic N) is 1. The third-order valence-corrected chi connectivity index (χ3v) is 3.98. The van der Waals surface area contributed by atoms with E-state index in [4.69, 9.17) is 9.47 Å². The fourth-order valence-electron chi connectivity index (χ4n) is 2.99. The molecule has 0 N–H and O–H groups in total. The van der Waals surface area contributed by atoms with Gasteiger partial charge in [0.2, 0.25) is 0 Å². The molecule has 4 nitrogen and oxygen atoms in total. The van der Waals surface area contributed by atoms with Crippen LogP contribution in [0.25, 0.3) is 0 Å². The standard InChI is InChI=1S/C16H21NO3/c18-16(13-5-2-1-3-6-13)19-10-4-9-17-11-14-7-8-15(12-17)20-14/h1-3,5-6,14-15H,4,7-12H2. The molecule has 0 saturated carbocycles. The van der Waals surface area contributed by atoms with Crippen LogP contribution in [0.15, 0.2) is 30.3 Å². The predicted molar refractivity (Wildman–Crippen MR) is 75.7 cm³/mol. The molecule has 2 bridgehead atoms. The molecule has 108 valence electrons. The first-order valence-electron chi connectivity index (χ1n) is 7.41. The number of likely N-dealkylation sites (tertiary alicyclic amines) is 1. The molecule has 3 rings (SSSR count). The number of esters is 1. The highest BCUT2D eigenvalue weighted by Gasteiger charge is 2.33. The lowest BCUT2D eigenvalue weighted by molar-refractivity contribution is -0.0397. The van der Waals surface area contributed by atoms with Crippen molar-refractivity contribution in [2.24, 2.45) is 0 Å². The normalized spacial score (nSPS) is 25.6. The first-order valence-corrected chi connectivity index (χ1v) is 7.41. The van der Waals surface area contributed by atoms with Gasteiger partial charge in [-0.25, -0.2) is 4.79 Å². The average Bonchev–Trinajstić information content (AvgIpc) is 2.83. The Morgan fingerprint density at radius 1 is 1.20 bits per heavy atom. The third kappa shape index (κ3) is 3.38. The zero-order chi connectivity index (χ0) is 13.8. The molecule has 0 radical (unpaired) electrons. The van der Waals surface area contributed by atoms with E-state index >= 15 is 0 Å². The van der Waals surface area contributed by atoms with Crippen molar-refractivity contribution in [1.29, 1.82) is 0 Å². The van der Waals surface area contributed by atoms with Crippen molar-refractivity contribution in [3.8, 4) is 0 Å². The summed E-state index contributed by atoms with van der Waals surface area (Å²) in [6.07, 6.45) is 4.15. The third-order valence-electron chi connectivity index (χ3n) is 3.98. The predicted octanol–water partition coefficient (Wildman–Crippen LogP) is 2.10. The SMILES string of the molecule is O=C(OCCCN1CC2CCC(C1)O2)c1ccccc1. The minimum atomic E-state index is -0.229.